The second kappa shape index (κ2) is 6.93. The lowest BCUT2D eigenvalue weighted by atomic mass is 9.86. The van der Waals surface area contributed by atoms with Gasteiger partial charge in [0.2, 0.25) is 0 Å². The number of benzene rings is 1. The summed E-state index contributed by atoms with van der Waals surface area (Å²) in [4.78, 5) is 2.65. The first-order valence-corrected chi connectivity index (χ1v) is 8.08. The van der Waals surface area contributed by atoms with Crippen molar-refractivity contribution in [3.63, 3.8) is 0 Å². The van der Waals surface area contributed by atoms with E-state index in [-0.39, 0.29) is 5.54 Å². The van der Waals surface area contributed by atoms with Crippen LogP contribution < -0.4 is 5.32 Å². The number of halogens is 1. The Labute approximate surface area is 128 Å². The Morgan fingerprint density at radius 1 is 1.15 bits per heavy atom. The Morgan fingerprint density at radius 3 is 2.30 bits per heavy atom. The standard InChI is InChI=1S/C17H27ClN2/c1-17(2,20-11-5-4-6-12-20)16(19-3)13-14-7-9-15(18)10-8-14/h7-10,16,19H,4-6,11-13H2,1-3H3. The molecule has 0 bridgehead atoms. The zero-order chi connectivity index (χ0) is 14.6. The van der Waals surface area contributed by atoms with Gasteiger partial charge < -0.3 is 5.32 Å². The van der Waals surface area contributed by atoms with E-state index < -0.39 is 0 Å². The van der Waals surface area contributed by atoms with Crippen molar-refractivity contribution >= 4 is 11.6 Å². The molecule has 0 aromatic heterocycles. The summed E-state index contributed by atoms with van der Waals surface area (Å²) < 4.78 is 0. The smallest absolute Gasteiger partial charge is 0.0406 e. The monoisotopic (exact) mass is 294 g/mol. The molecule has 112 valence electrons. The highest BCUT2D eigenvalue weighted by Gasteiger charge is 2.35. The van der Waals surface area contributed by atoms with Gasteiger partial charge in [-0.1, -0.05) is 30.2 Å². The van der Waals surface area contributed by atoms with Crippen LogP contribution in [0.15, 0.2) is 24.3 Å². The van der Waals surface area contributed by atoms with Gasteiger partial charge in [0.05, 0.1) is 0 Å². The van der Waals surface area contributed by atoms with Gasteiger partial charge in [0, 0.05) is 16.6 Å². The molecule has 0 amide bonds. The van der Waals surface area contributed by atoms with Crippen molar-refractivity contribution in [1.82, 2.24) is 10.2 Å². The number of rotatable bonds is 5. The van der Waals surface area contributed by atoms with Gasteiger partial charge in [0.25, 0.3) is 0 Å². The third-order valence-electron chi connectivity index (χ3n) is 4.73. The van der Waals surface area contributed by atoms with Crippen LogP contribution in [0, 0.1) is 0 Å². The summed E-state index contributed by atoms with van der Waals surface area (Å²) in [6, 6.07) is 8.69. The van der Waals surface area contributed by atoms with Crippen molar-refractivity contribution in [3.8, 4) is 0 Å². The average Bonchev–Trinajstić information content (AvgIpc) is 2.47. The summed E-state index contributed by atoms with van der Waals surface area (Å²) in [6.45, 7) is 7.20. The summed E-state index contributed by atoms with van der Waals surface area (Å²) in [5.41, 5.74) is 1.52. The quantitative estimate of drug-likeness (QED) is 0.890. The normalized spacial score (nSPS) is 19.0. The summed E-state index contributed by atoms with van der Waals surface area (Å²) in [7, 11) is 2.08. The van der Waals surface area contributed by atoms with Crippen LogP contribution >= 0.6 is 11.6 Å². The van der Waals surface area contributed by atoms with E-state index in [4.69, 9.17) is 11.6 Å². The Balaban J connectivity index is 2.07. The molecule has 3 heteroatoms. The molecule has 0 spiro atoms. The highest BCUT2D eigenvalue weighted by Crippen LogP contribution is 2.26. The Morgan fingerprint density at radius 2 is 1.75 bits per heavy atom. The van der Waals surface area contributed by atoms with E-state index in [1.165, 1.54) is 37.9 Å². The summed E-state index contributed by atoms with van der Waals surface area (Å²) in [6.07, 6.45) is 5.09. The molecule has 1 aromatic carbocycles. The molecule has 20 heavy (non-hydrogen) atoms. The molecule has 1 fully saturated rings. The molecule has 0 aliphatic carbocycles. The van der Waals surface area contributed by atoms with E-state index in [9.17, 15) is 0 Å². The Kier molecular flexibility index (Phi) is 5.48. The number of nitrogens with one attached hydrogen (secondary N) is 1. The van der Waals surface area contributed by atoms with Gasteiger partial charge in [-0.25, -0.2) is 0 Å². The first-order chi connectivity index (χ1) is 9.54. The molecule has 1 aliphatic rings. The highest BCUT2D eigenvalue weighted by atomic mass is 35.5. The van der Waals surface area contributed by atoms with Crippen molar-refractivity contribution in [2.75, 3.05) is 20.1 Å². The van der Waals surface area contributed by atoms with Gasteiger partial charge in [-0.05, 0) is 70.9 Å². The summed E-state index contributed by atoms with van der Waals surface area (Å²) in [5, 5.41) is 4.34. The van der Waals surface area contributed by atoms with Crippen molar-refractivity contribution in [1.29, 1.82) is 0 Å². The molecule has 1 atom stereocenters. The van der Waals surface area contributed by atoms with Crippen LogP contribution in [0.2, 0.25) is 5.02 Å². The maximum Gasteiger partial charge on any atom is 0.0406 e. The molecule has 0 saturated carbocycles. The minimum absolute atomic E-state index is 0.175. The second-order valence-electron chi connectivity index (χ2n) is 6.37. The number of nitrogens with zero attached hydrogens (tertiary/aromatic N) is 1. The van der Waals surface area contributed by atoms with Gasteiger partial charge in [-0.3, -0.25) is 4.90 Å². The first-order valence-electron chi connectivity index (χ1n) is 7.71. The fourth-order valence-corrected chi connectivity index (χ4v) is 3.38. The molecule has 1 aliphatic heterocycles. The third-order valence-corrected chi connectivity index (χ3v) is 4.98. The molecule has 1 heterocycles. The number of hydrogen-bond acceptors (Lipinski definition) is 2. The highest BCUT2D eigenvalue weighted by molar-refractivity contribution is 6.30. The van der Waals surface area contributed by atoms with Gasteiger partial charge in [0.15, 0.2) is 0 Å². The fourth-order valence-electron chi connectivity index (χ4n) is 3.25. The van der Waals surface area contributed by atoms with Crippen LogP contribution in [0.5, 0.6) is 0 Å². The van der Waals surface area contributed by atoms with Crippen LogP contribution in [-0.4, -0.2) is 36.6 Å². The molecular weight excluding hydrogens is 268 g/mol. The van der Waals surface area contributed by atoms with Crippen molar-refractivity contribution in [2.24, 2.45) is 0 Å². The third kappa shape index (κ3) is 3.75. The maximum absolute atomic E-state index is 5.97. The van der Waals surface area contributed by atoms with Crippen LogP contribution in [0.25, 0.3) is 0 Å². The van der Waals surface area contributed by atoms with E-state index in [0.29, 0.717) is 6.04 Å². The SMILES string of the molecule is CNC(Cc1ccc(Cl)cc1)C(C)(C)N1CCCCC1. The van der Waals surface area contributed by atoms with E-state index in [0.717, 1.165) is 11.4 Å². The number of likely N-dealkylation sites (tertiary alicyclic amines) is 1. The Bertz CT molecular complexity index is 408. The zero-order valence-corrected chi connectivity index (χ0v) is 13.7. The average molecular weight is 295 g/mol. The number of piperidine rings is 1. The molecule has 1 saturated heterocycles. The molecule has 2 rings (SSSR count). The van der Waals surface area contributed by atoms with Crippen LogP contribution in [0.1, 0.15) is 38.7 Å². The molecule has 1 N–H and O–H groups in total. The molecule has 1 aromatic rings. The maximum atomic E-state index is 5.97. The lowest BCUT2D eigenvalue weighted by Gasteiger charge is -2.46. The second-order valence-corrected chi connectivity index (χ2v) is 6.81. The molecular formula is C17H27ClN2. The summed E-state index contributed by atoms with van der Waals surface area (Å²) >= 11 is 5.97. The summed E-state index contributed by atoms with van der Waals surface area (Å²) in [5.74, 6) is 0. The van der Waals surface area contributed by atoms with Gasteiger partial charge >= 0.3 is 0 Å². The van der Waals surface area contributed by atoms with E-state index in [1.54, 1.807) is 0 Å². The van der Waals surface area contributed by atoms with Crippen molar-refractivity contribution in [3.05, 3.63) is 34.9 Å². The van der Waals surface area contributed by atoms with Crippen molar-refractivity contribution in [2.45, 2.75) is 51.1 Å². The van der Waals surface area contributed by atoms with Gasteiger partial charge in [-0.15, -0.1) is 0 Å². The van der Waals surface area contributed by atoms with Crippen LogP contribution in [0.4, 0.5) is 0 Å². The number of likely N-dealkylation sites (N-methyl/N-ethyl adjacent to an activating group) is 1. The van der Waals surface area contributed by atoms with Gasteiger partial charge in [0.1, 0.15) is 0 Å². The van der Waals surface area contributed by atoms with E-state index in [2.05, 4.69) is 43.2 Å². The molecule has 2 nitrogen and oxygen atoms in total. The van der Waals surface area contributed by atoms with Crippen molar-refractivity contribution < 1.29 is 0 Å². The number of hydrogen-bond donors (Lipinski definition) is 1. The van der Waals surface area contributed by atoms with Crippen LogP contribution in [0.3, 0.4) is 0 Å². The molecule has 1 unspecified atom stereocenters. The van der Waals surface area contributed by atoms with E-state index in [1.807, 2.05) is 12.1 Å². The van der Waals surface area contributed by atoms with Gasteiger partial charge in [-0.2, -0.15) is 0 Å². The molecule has 0 radical (unpaired) electrons. The predicted octanol–water partition coefficient (Wildman–Crippen LogP) is 3.74. The minimum atomic E-state index is 0.175. The zero-order valence-electron chi connectivity index (χ0n) is 13.0. The fraction of sp³-hybridized carbons (Fsp3) is 0.647. The Hall–Kier alpha value is -0.570. The first kappa shape index (κ1) is 15.8. The minimum Gasteiger partial charge on any atom is -0.315 e. The largest absolute Gasteiger partial charge is 0.315 e. The lowest BCUT2D eigenvalue weighted by molar-refractivity contribution is 0.0635. The lowest BCUT2D eigenvalue weighted by Crippen LogP contribution is -2.59. The van der Waals surface area contributed by atoms with Crippen LogP contribution in [-0.2, 0) is 6.42 Å². The predicted molar refractivity (Wildman–Crippen MR) is 87.5 cm³/mol. The van der Waals surface area contributed by atoms with E-state index >= 15 is 0 Å². The topological polar surface area (TPSA) is 15.3 Å².